The standard InChI is InChI=1S/C13H18BrNO3/c1-13(2,9-16)15-12(17)10-4-3-5-11(8-10)18-7-6-14/h3-5,8,16H,6-7,9H2,1-2H3,(H,15,17). The molecule has 1 rings (SSSR count). The van der Waals surface area contributed by atoms with Crippen LogP contribution in [0.3, 0.4) is 0 Å². The van der Waals surface area contributed by atoms with Crippen molar-refractivity contribution in [3.63, 3.8) is 0 Å². The van der Waals surface area contributed by atoms with Gasteiger partial charge in [0.2, 0.25) is 0 Å². The number of carbonyl (C=O) groups is 1. The van der Waals surface area contributed by atoms with E-state index in [4.69, 9.17) is 9.84 Å². The van der Waals surface area contributed by atoms with E-state index < -0.39 is 5.54 Å². The first-order chi connectivity index (χ1) is 8.48. The highest BCUT2D eigenvalue weighted by molar-refractivity contribution is 9.09. The third-order valence-electron chi connectivity index (χ3n) is 2.29. The largest absolute Gasteiger partial charge is 0.493 e. The highest BCUT2D eigenvalue weighted by Gasteiger charge is 2.20. The fraction of sp³-hybridized carbons (Fsp3) is 0.462. The zero-order chi connectivity index (χ0) is 13.6. The van der Waals surface area contributed by atoms with Crippen molar-refractivity contribution < 1.29 is 14.6 Å². The average Bonchev–Trinajstić information content (AvgIpc) is 2.36. The lowest BCUT2D eigenvalue weighted by Gasteiger charge is -2.23. The van der Waals surface area contributed by atoms with Crippen LogP contribution in [0.4, 0.5) is 0 Å². The van der Waals surface area contributed by atoms with Gasteiger partial charge in [-0.2, -0.15) is 0 Å². The molecule has 0 aliphatic rings. The van der Waals surface area contributed by atoms with Crippen LogP contribution in [0.1, 0.15) is 24.2 Å². The van der Waals surface area contributed by atoms with Gasteiger partial charge in [0, 0.05) is 10.9 Å². The second-order valence-corrected chi connectivity index (χ2v) is 5.35. The minimum atomic E-state index is -0.635. The number of amides is 1. The van der Waals surface area contributed by atoms with E-state index in [2.05, 4.69) is 21.2 Å². The number of aliphatic hydroxyl groups excluding tert-OH is 1. The van der Waals surface area contributed by atoms with Crippen molar-refractivity contribution in [3.8, 4) is 5.75 Å². The summed E-state index contributed by atoms with van der Waals surface area (Å²) in [7, 11) is 0. The monoisotopic (exact) mass is 315 g/mol. The van der Waals surface area contributed by atoms with Gasteiger partial charge in [-0.1, -0.05) is 22.0 Å². The van der Waals surface area contributed by atoms with Crippen molar-refractivity contribution in [2.24, 2.45) is 0 Å². The Morgan fingerprint density at radius 2 is 2.22 bits per heavy atom. The number of halogens is 1. The minimum absolute atomic E-state index is 0.113. The van der Waals surface area contributed by atoms with Gasteiger partial charge in [0.25, 0.3) is 5.91 Å². The molecule has 0 saturated heterocycles. The maximum absolute atomic E-state index is 12.0. The summed E-state index contributed by atoms with van der Waals surface area (Å²) in [4.78, 5) is 12.0. The maximum atomic E-state index is 12.0. The molecule has 0 aliphatic heterocycles. The molecular weight excluding hydrogens is 298 g/mol. The molecule has 0 heterocycles. The summed E-state index contributed by atoms with van der Waals surface area (Å²) in [5.41, 5.74) is -0.118. The van der Waals surface area contributed by atoms with Crippen LogP contribution < -0.4 is 10.1 Å². The van der Waals surface area contributed by atoms with Crippen molar-refractivity contribution >= 4 is 21.8 Å². The lowest BCUT2D eigenvalue weighted by molar-refractivity contribution is 0.0869. The van der Waals surface area contributed by atoms with Gasteiger partial charge in [0.1, 0.15) is 5.75 Å². The van der Waals surface area contributed by atoms with Crippen LogP contribution in [0.2, 0.25) is 0 Å². The lowest BCUT2D eigenvalue weighted by atomic mass is 10.1. The minimum Gasteiger partial charge on any atom is -0.493 e. The van der Waals surface area contributed by atoms with Gasteiger partial charge >= 0.3 is 0 Å². The Balaban J connectivity index is 2.74. The number of carbonyl (C=O) groups excluding carboxylic acids is 1. The van der Waals surface area contributed by atoms with Gasteiger partial charge in [-0.15, -0.1) is 0 Å². The normalized spacial score (nSPS) is 11.1. The Hall–Kier alpha value is -1.07. The number of aliphatic hydroxyl groups is 1. The lowest BCUT2D eigenvalue weighted by Crippen LogP contribution is -2.46. The zero-order valence-corrected chi connectivity index (χ0v) is 12.2. The molecule has 4 nitrogen and oxygen atoms in total. The highest BCUT2D eigenvalue weighted by atomic mass is 79.9. The van der Waals surface area contributed by atoms with Gasteiger partial charge in [0.15, 0.2) is 0 Å². The average molecular weight is 316 g/mol. The molecule has 0 fully saturated rings. The predicted octanol–water partition coefficient (Wildman–Crippen LogP) is 1.96. The fourth-order valence-corrected chi connectivity index (χ4v) is 1.46. The third-order valence-corrected chi connectivity index (χ3v) is 2.61. The first-order valence-corrected chi connectivity index (χ1v) is 6.83. The molecule has 0 atom stereocenters. The molecule has 1 aromatic rings. The third kappa shape index (κ3) is 4.66. The van der Waals surface area contributed by atoms with E-state index in [1.807, 2.05) is 0 Å². The van der Waals surface area contributed by atoms with Crippen LogP contribution in [-0.4, -0.2) is 35.1 Å². The van der Waals surface area contributed by atoms with Crippen LogP contribution in [-0.2, 0) is 0 Å². The molecule has 0 unspecified atom stereocenters. The van der Waals surface area contributed by atoms with Crippen molar-refractivity contribution in [2.45, 2.75) is 19.4 Å². The topological polar surface area (TPSA) is 58.6 Å². The van der Waals surface area contributed by atoms with Gasteiger partial charge < -0.3 is 15.2 Å². The van der Waals surface area contributed by atoms with Crippen molar-refractivity contribution in [1.29, 1.82) is 0 Å². The Labute approximate surface area is 115 Å². The molecule has 0 aromatic heterocycles. The Bertz CT molecular complexity index is 407. The smallest absolute Gasteiger partial charge is 0.251 e. The summed E-state index contributed by atoms with van der Waals surface area (Å²) >= 11 is 3.27. The zero-order valence-electron chi connectivity index (χ0n) is 10.6. The molecule has 100 valence electrons. The van der Waals surface area contributed by atoms with Crippen molar-refractivity contribution in [1.82, 2.24) is 5.32 Å². The van der Waals surface area contributed by atoms with Crippen molar-refractivity contribution in [3.05, 3.63) is 29.8 Å². The van der Waals surface area contributed by atoms with Gasteiger partial charge in [-0.25, -0.2) is 0 Å². The first-order valence-electron chi connectivity index (χ1n) is 5.71. The van der Waals surface area contributed by atoms with E-state index in [1.165, 1.54) is 0 Å². The van der Waals surface area contributed by atoms with E-state index in [1.54, 1.807) is 38.1 Å². The Morgan fingerprint density at radius 1 is 1.50 bits per heavy atom. The summed E-state index contributed by atoms with van der Waals surface area (Å²) in [5.74, 6) is 0.433. The summed E-state index contributed by atoms with van der Waals surface area (Å²) in [5, 5.41) is 12.6. The molecule has 2 N–H and O–H groups in total. The van der Waals surface area contributed by atoms with E-state index in [9.17, 15) is 4.79 Å². The summed E-state index contributed by atoms with van der Waals surface area (Å²) in [6.07, 6.45) is 0. The van der Waals surface area contributed by atoms with E-state index >= 15 is 0 Å². The molecule has 1 amide bonds. The van der Waals surface area contributed by atoms with Crippen LogP contribution in [0.5, 0.6) is 5.75 Å². The number of ether oxygens (including phenoxy) is 1. The molecule has 1 aromatic carbocycles. The van der Waals surface area contributed by atoms with Crippen molar-refractivity contribution in [2.75, 3.05) is 18.5 Å². The highest BCUT2D eigenvalue weighted by Crippen LogP contribution is 2.14. The van der Waals surface area contributed by atoms with Gasteiger partial charge in [-0.3, -0.25) is 4.79 Å². The molecule has 0 spiro atoms. The molecule has 0 aliphatic carbocycles. The summed E-state index contributed by atoms with van der Waals surface area (Å²) in [6.45, 7) is 3.96. The first kappa shape index (κ1) is 15.0. The molecule has 18 heavy (non-hydrogen) atoms. The second kappa shape index (κ2) is 6.75. The fourth-order valence-electron chi connectivity index (χ4n) is 1.30. The molecule has 0 radical (unpaired) electrons. The Morgan fingerprint density at radius 3 is 2.83 bits per heavy atom. The van der Waals surface area contributed by atoms with E-state index in [0.29, 0.717) is 17.9 Å². The molecule has 5 heteroatoms. The molecular formula is C13H18BrNO3. The second-order valence-electron chi connectivity index (χ2n) is 4.56. The van der Waals surface area contributed by atoms with Crippen LogP contribution in [0.25, 0.3) is 0 Å². The van der Waals surface area contributed by atoms with Gasteiger partial charge in [0.05, 0.1) is 18.8 Å². The van der Waals surface area contributed by atoms with E-state index in [0.717, 1.165) is 5.33 Å². The summed E-state index contributed by atoms with van der Waals surface area (Å²) < 4.78 is 5.43. The number of hydrogen-bond donors (Lipinski definition) is 2. The number of hydrogen-bond acceptors (Lipinski definition) is 3. The van der Waals surface area contributed by atoms with Crippen LogP contribution in [0, 0.1) is 0 Å². The number of nitrogens with one attached hydrogen (secondary N) is 1. The molecule has 0 bridgehead atoms. The number of alkyl halides is 1. The van der Waals surface area contributed by atoms with E-state index in [-0.39, 0.29) is 12.5 Å². The van der Waals surface area contributed by atoms with Gasteiger partial charge in [-0.05, 0) is 32.0 Å². The molecule has 0 saturated carbocycles. The number of benzene rings is 1. The number of rotatable bonds is 6. The Kier molecular flexibility index (Phi) is 5.62. The summed E-state index contributed by atoms with van der Waals surface area (Å²) in [6, 6.07) is 6.97. The predicted molar refractivity (Wildman–Crippen MR) is 74.4 cm³/mol. The van der Waals surface area contributed by atoms with Crippen LogP contribution in [0.15, 0.2) is 24.3 Å². The SMILES string of the molecule is CC(C)(CO)NC(=O)c1cccc(OCCBr)c1. The maximum Gasteiger partial charge on any atom is 0.251 e. The van der Waals surface area contributed by atoms with Crippen LogP contribution >= 0.6 is 15.9 Å². The quantitative estimate of drug-likeness (QED) is 0.789.